The van der Waals surface area contributed by atoms with Crippen LogP contribution in [0.1, 0.15) is 23.7 Å². The van der Waals surface area contributed by atoms with Crippen molar-refractivity contribution in [3.8, 4) is 5.75 Å². The van der Waals surface area contributed by atoms with E-state index in [2.05, 4.69) is 10.5 Å². The Morgan fingerprint density at radius 1 is 1.37 bits per heavy atom. The number of methoxy groups -OCH3 is 1. The minimum Gasteiger partial charge on any atom is -0.497 e. The summed E-state index contributed by atoms with van der Waals surface area (Å²) in [5.74, 6) is 0.430. The van der Waals surface area contributed by atoms with E-state index in [0.717, 1.165) is 23.1 Å². The summed E-state index contributed by atoms with van der Waals surface area (Å²) < 4.78 is 5.15. The zero-order valence-electron chi connectivity index (χ0n) is 11.0. The molecule has 100 valence electrons. The first-order valence-electron chi connectivity index (χ1n) is 6.10. The molecule has 0 fully saturated rings. The fourth-order valence-corrected chi connectivity index (χ4v) is 1.64. The summed E-state index contributed by atoms with van der Waals surface area (Å²) in [4.78, 5) is 21.0. The summed E-state index contributed by atoms with van der Waals surface area (Å²) in [5, 5.41) is 0.850. The van der Waals surface area contributed by atoms with Crippen LogP contribution in [0.3, 0.4) is 0 Å². The molecule has 0 aliphatic heterocycles. The number of ether oxygens (including phenoxy) is 1. The number of rotatable bonds is 5. The van der Waals surface area contributed by atoms with Crippen LogP contribution in [0, 0.1) is 0 Å². The van der Waals surface area contributed by atoms with Gasteiger partial charge in [0, 0.05) is 11.6 Å². The normalized spacial score (nSPS) is 10.4. The Labute approximate surface area is 111 Å². The summed E-state index contributed by atoms with van der Waals surface area (Å²) >= 11 is 0. The lowest BCUT2D eigenvalue weighted by Gasteiger charge is -2.06. The van der Waals surface area contributed by atoms with E-state index in [1.54, 1.807) is 13.2 Å². The fraction of sp³-hybridized carbons (Fsp3) is 0.286. The number of pyridine rings is 1. The highest BCUT2D eigenvalue weighted by Gasteiger charge is 2.07. The summed E-state index contributed by atoms with van der Waals surface area (Å²) in [7, 11) is 1.60. The third-order valence-corrected chi connectivity index (χ3v) is 2.62. The molecule has 0 spiro atoms. The van der Waals surface area contributed by atoms with E-state index >= 15 is 0 Å². The number of hydroxylamine groups is 1. The molecule has 0 unspecified atom stereocenters. The number of carbonyl (C=O) groups excluding carboxylic acids is 1. The number of carbonyl (C=O) groups is 1. The van der Waals surface area contributed by atoms with Gasteiger partial charge in [0.15, 0.2) is 0 Å². The molecule has 1 aromatic heterocycles. The lowest BCUT2D eigenvalue weighted by molar-refractivity contribution is 0.0315. The maximum Gasteiger partial charge on any atom is 0.276 e. The molecule has 0 aliphatic carbocycles. The van der Waals surface area contributed by atoms with Gasteiger partial charge >= 0.3 is 0 Å². The zero-order chi connectivity index (χ0) is 13.7. The van der Waals surface area contributed by atoms with Crippen molar-refractivity contribution in [2.45, 2.75) is 13.3 Å². The van der Waals surface area contributed by atoms with Gasteiger partial charge in [-0.3, -0.25) is 14.6 Å². The minimum atomic E-state index is -0.300. The molecule has 0 aliphatic rings. The first-order valence-corrected chi connectivity index (χ1v) is 6.10. The van der Waals surface area contributed by atoms with Crippen LogP contribution in [0.2, 0.25) is 0 Å². The van der Waals surface area contributed by atoms with E-state index < -0.39 is 0 Å². The molecule has 1 N–H and O–H groups in total. The van der Waals surface area contributed by atoms with Crippen molar-refractivity contribution in [2.24, 2.45) is 0 Å². The molecule has 0 saturated carbocycles. The number of benzene rings is 1. The van der Waals surface area contributed by atoms with E-state index in [0.29, 0.717) is 12.2 Å². The van der Waals surface area contributed by atoms with Gasteiger partial charge in [0.25, 0.3) is 5.91 Å². The average Bonchev–Trinajstić information content (AvgIpc) is 2.46. The van der Waals surface area contributed by atoms with Gasteiger partial charge in [-0.1, -0.05) is 6.92 Å². The van der Waals surface area contributed by atoms with Gasteiger partial charge in [-0.2, -0.15) is 0 Å². The highest BCUT2D eigenvalue weighted by atomic mass is 16.6. The number of hydrogen-bond donors (Lipinski definition) is 1. The second-order valence-corrected chi connectivity index (χ2v) is 4.06. The summed E-state index contributed by atoms with van der Waals surface area (Å²) in [6.45, 7) is 2.45. The number of fused-ring (bicyclic) bond motifs is 1. The van der Waals surface area contributed by atoms with Gasteiger partial charge in [-0.25, -0.2) is 5.48 Å². The van der Waals surface area contributed by atoms with Crippen LogP contribution in [-0.2, 0) is 4.84 Å². The maximum atomic E-state index is 11.8. The molecule has 2 aromatic rings. The van der Waals surface area contributed by atoms with Gasteiger partial charge in [0.2, 0.25) is 0 Å². The van der Waals surface area contributed by atoms with Crippen molar-refractivity contribution in [3.05, 3.63) is 36.0 Å². The average molecular weight is 260 g/mol. The van der Waals surface area contributed by atoms with Crippen molar-refractivity contribution in [1.29, 1.82) is 0 Å². The summed E-state index contributed by atoms with van der Waals surface area (Å²) in [5.41, 5.74) is 3.65. The molecule has 5 nitrogen and oxygen atoms in total. The summed E-state index contributed by atoms with van der Waals surface area (Å²) in [6.07, 6.45) is 2.37. The molecule has 0 radical (unpaired) electrons. The Balaban J connectivity index is 2.22. The highest BCUT2D eigenvalue weighted by Crippen LogP contribution is 2.19. The van der Waals surface area contributed by atoms with Crippen molar-refractivity contribution in [2.75, 3.05) is 13.7 Å². The second kappa shape index (κ2) is 6.15. The van der Waals surface area contributed by atoms with E-state index in [4.69, 9.17) is 9.57 Å². The molecule has 19 heavy (non-hydrogen) atoms. The fourth-order valence-electron chi connectivity index (χ4n) is 1.64. The first kappa shape index (κ1) is 13.3. The van der Waals surface area contributed by atoms with Crippen LogP contribution in [0.15, 0.2) is 30.5 Å². The van der Waals surface area contributed by atoms with Crippen molar-refractivity contribution in [1.82, 2.24) is 10.5 Å². The largest absolute Gasteiger partial charge is 0.497 e. The molecule has 5 heteroatoms. The number of amides is 1. The molecule has 1 amide bonds. The van der Waals surface area contributed by atoms with Crippen LogP contribution < -0.4 is 10.2 Å². The molecule has 0 bridgehead atoms. The van der Waals surface area contributed by atoms with Crippen LogP contribution >= 0.6 is 0 Å². The van der Waals surface area contributed by atoms with Crippen LogP contribution in [-0.4, -0.2) is 24.6 Å². The minimum absolute atomic E-state index is 0.300. The van der Waals surface area contributed by atoms with Crippen LogP contribution in [0.4, 0.5) is 0 Å². The molecular weight excluding hydrogens is 244 g/mol. The Morgan fingerprint density at radius 3 is 2.95 bits per heavy atom. The van der Waals surface area contributed by atoms with Gasteiger partial charge in [-0.15, -0.1) is 0 Å². The molecule has 2 rings (SSSR count). The third kappa shape index (κ3) is 3.20. The Kier molecular flexibility index (Phi) is 4.30. The quantitative estimate of drug-likeness (QED) is 0.662. The standard InChI is InChI=1S/C14H16N2O3/c1-3-6-19-16-14(17)11-7-10-8-12(18-2)4-5-13(10)15-9-11/h4-5,7-9H,3,6H2,1-2H3,(H,16,17). The van der Waals surface area contributed by atoms with Crippen LogP contribution in [0.5, 0.6) is 5.75 Å². The zero-order valence-corrected chi connectivity index (χ0v) is 11.0. The Morgan fingerprint density at radius 2 is 2.21 bits per heavy atom. The van der Waals surface area contributed by atoms with E-state index in [1.807, 2.05) is 25.1 Å². The lowest BCUT2D eigenvalue weighted by Crippen LogP contribution is -2.24. The Bertz CT molecular complexity index is 584. The van der Waals surface area contributed by atoms with E-state index in [-0.39, 0.29) is 5.91 Å². The number of nitrogens with one attached hydrogen (secondary N) is 1. The number of aromatic nitrogens is 1. The number of nitrogens with zero attached hydrogens (tertiary/aromatic N) is 1. The second-order valence-electron chi connectivity index (χ2n) is 4.06. The van der Waals surface area contributed by atoms with Gasteiger partial charge in [0.1, 0.15) is 5.75 Å². The predicted molar refractivity (Wildman–Crippen MR) is 72.0 cm³/mol. The molecule has 0 atom stereocenters. The molecule has 0 saturated heterocycles. The highest BCUT2D eigenvalue weighted by molar-refractivity contribution is 5.96. The van der Waals surface area contributed by atoms with E-state index in [1.165, 1.54) is 6.20 Å². The van der Waals surface area contributed by atoms with Crippen molar-refractivity contribution in [3.63, 3.8) is 0 Å². The summed E-state index contributed by atoms with van der Waals surface area (Å²) in [6, 6.07) is 7.28. The predicted octanol–water partition coefficient (Wildman–Crippen LogP) is 2.31. The smallest absolute Gasteiger partial charge is 0.276 e. The Hall–Kier alpha value is -2.14. The van der Waals surface area contributed by atoms with E-state index in [9.17, 15) is 4.79 Å². The van der Waals surface area contributed by atoms with Gasteiger partial charge in [0.05, 0.1) is 24.8 Å². The maximum absolute atomic E-state index is 11.8. The van der Waals surface area contributed by atoms with Crippen molar-refractivity contribution >= 4 is 16.8 Å². The third-order valence-electron chi connectivity index (χ3n) is 2.62. The lowest BCUT2D eigenvalue weighted by atomic mass is 10.1. The van der Waals surface area contributed by atoms with Crippen molar-refractivity contribution < 1.29 is 14.4 Å². The molecular formula is C14H16N2O3. The van der Waals surface area contributed by atoms with Gasteiger partial charge < -0.3 is 4.74 Å². The molecule has 1 aromatic carbocycles. The molecule has 1 heterocycles. The first-order chi connectivity index (χ1) is 9.24. The SMILES string of the molecule is CCCONC(=O)c1cnc2ccc(OC)cc2c1. The van der Waals surface area contributed by atoms with Crippen LogP contribution in [0.25, 0.3) is 10.9 Å². The van der Waals surface area contributed by atoms with Gasteiger partial charge in [-0.05, 0) is 30.7 Å². The number of hydrogen-bond acceptors (Lipinski definition) is 4. The topological polar surface area (TPSA) is 60.5 Å². The monoisotopic (exact) mass is 260 g/mol.